The van der Waals surface area contributed by atoms with Gasteiger partial charge in [-0.05, 0) is 44.4 Å². The zero-order valence-electron chi connectivity index (χ0n) is 10.4. The molecule has 1 atom stereocenters. The lowest BCUT2D eigenvalue weighted by Gasteiger charge is -2.46. The van der Waals surface area contributed by atoms with E-state index < -0.39 is 11.0 Å². The molecule has 0 aromatic rings. The van der Waals surface area contributed by atoms with Crippen molar-refractivity contribution in [2.24, 2.45) is 17.3 Å². The molecule has 2 heteroatoms. The first-order valence-corrected chi connectivity index (χ1v) is 5.99. The SMILES string of the molecule is CC1CCC(C#N)(C(C)(O)C(C)C)CC1. The zero-order valence-corrected chi connectivity index (χ0v) is 10.4. The van der Waals surface area contributed by atoms with Crippen molar-refractivity contribution in [2.75, 3.05) is 0 Å². The molecule has 1 rings (SSSR count). The lowest BCUT2D eigenvalue weighted by Crippen LogP contribution is -2.50. The minimum atomic E-state index is -0.859. The Balaban J connectivity index is 2.92. The highest BCUT2D eigenvalue weighted by molar-refractivity contribution is 5.12. The van der Waals surface area contributed by atoms with Gasteiger partial charge in [-0.1, -0.05) is 20.8 Å². The van der Waals surface area contributed by atoms with Gasteiger partial charge in [0.25, 0.3) is 0 Å². The summed E-state index contributed by atoms with van der Waals surface area (Å²) in [5.74, 6) is 0.833. The van der Waals surface area contributed by atoms with E-state index in [-0.39, 0.29) is 5.92 Å². The molecular weight excluding hydrogens is 186 g/mol. The topological polar surface area (TPSA) is 44.0 Å². The maximum Gasteiger partial charge on any atom is 0.0860 e. The largest absolute Gasteiger partial charge is 0.388 e. The number of nitriles is 1. The molecule has 1 unspecified atom stereocenters. The van der Waals surface area contributed by atoms with Crippen LogP contribution in [0.2, 0.25) is 0 Å². The van der Waals surface area contributed by atoms with Gasteiger partial charge in [0, 0.05) is 0 Å². The van der Waals surface area contributed by atoms with Gasteiger partial charge in [-0.15, -0.1) is 0 Å². The fourth-order valence-corrected chi connectivity index (χ4v) is 2.54. The Morgan fingerprint density at radius 3 is 2.20 bits per heavy atom. The van der Waals surface area contributed by atoms with Crippen LogP contribution in [0.15, 0.2) is 0 Å². The summed E-state index contributed by atoms with van der Waals surface area (Å²) in [5, 5.41) is 19.9. The van der Waals surface area contributed by atoms with E-state index in [1.165, 1.54) is 0 Å². The van der Waals surface area contributed by atoms with Crippen molar-refractivity contribution in [3.8, 4) is 6.07 Å². The summed E-state index contributed by atoms with van der Waals surface area (Å²) in [6.07, 6.45) is 3.82. The van der Waals surface area contributed by atoms with Gasteiger partial charge in [-0.2, -0.15) is 5.26 Å². The van der Waals surface area contributed by atoms with Gasteiger partial charge >= 0.3 is 0 Å². The third kappa shape index (κ3) is 2.03. The third-order valence-corrected chi connectivity index (χ3v) is 4.43. The Labute approximate surface area is 93.3 Å². The van der Waals surface area contributed by atoms with E-state index in [0.29, 0.717) is 5.92 Å². The van der Waals surface area contributed by atoms with Crippen molar-refractivity contribution in [3.05, 3.63) is 0 Å². The molecule has 0 spiro atoms. The average molecular weight is 209 g/mol. The van der Waals surface area contributed by atoms with Gasteiger partial charge in [0.1, 0.15) is 0 Å². The molecule has 2 nitrogen and oxygen atoms in total. The van der Waals surface area contributed by atoms with Gasteiger partial charge in [-0.25, -0.2) is 0 Å². The van der Waals surface area contributed by atoms with E-state index in [9.17, 15) is 10.4 Å². The summed E-state index contributed by atoms with van der Waals surface area (Å²) in [6.45, 7) is 8.05. The zero-order chi connectivity index (χ0) is 11.7. The fraction of sp³-hybridized carbons (Fsp3) is 0.923. The van der Waals surface area contributed by atoms with Crippen LogP contribution in [0.1, 0.15) is 53.4 Å². The summed E-state index contributed by atoms with van der Waals surface area (Å²) in [7, 11) is 0. The molecular formula is C13H23NO. The molecule has 0 aromatic heterocycles. The number of rotatable bonds is 2. The van der Waals surface area contributed by atoms with Crippen LogP contribution < -0.4 is 0 Å². The van der Waals surface area contributed by atoms with Gasteiger partial charge in [0.05, 0.1) is 17.1 Å². The van der Waals surface area contributed by atoms with Crippen molar-refractivity contribution in [1.29, 1.82) is 5.26 Å². The van der Waals surface area contributed by atoms with Gasteiger partial charge in [-0.3, -0.25) is 0 Å². The van der Waals surface area contributed by atoms with Crippen LogP contribution in [0.3, 0.4) is 0 Å². The van der Waals surface area contributed by atoms with E-state index in [0.717, 1.165) is 25.7 Å². The summed E-state index contributed by atoms with van der Waals surface area (Å²) < 4.78 is 0. The monoisotopic (exact) mass is 209 g/mol. The summed E-state index contributed by atoms with van der Waals surface area (Å²) in [5.41, 5.74) is -1.38. The lowest BCUT2D eigenvalue weighted by molar-refractivity contribution is -0.0956. The van der Waals surface area contributed by atoms with Crippen molar-refractivity contribution in [1.82, 2.24) is 0 Å². The molecule has 15 heavy (non-hydrogen) atoms. The summed E-state index contributed by atoms with van der Waals surface area (Å²) in [4.78, 5) is 0. The van der Waals surface area contributed by atoms with Crippen molar-refractivity contribution < 1.29 is 5.11 Å². The number of hydrogen-bond donors (Lipinski definition) is 1. The molecule has 0 saturated heterocycles. The quantitative estimate of drug-likeness (QED) is 0.759. The first-order valence-electron chi connectivity index (χ1n) is 5.99. The number of aliphatic hydroxyl groups is 1. The van der Waals surface area contributed by atoms with Crippen LogP contribution >= 0.6 is 0 Å². The Morgan fingerprint density at radius 1 is 1.40 bits per heavy atom. The van der Waals surface area contributed by atoms with E-state index in [4.69, 9.17) is 0 Å². The first-order chi connectivity index (χ1) is 6.85. The highest BCUT2D eigenvalue weighted by atomic mass is 16.3. The summed E-state index contributed by atoms with van der Waals surface area (Å²) >= 11 is 0. The van der Waals surface area contributed by atoms with Gasteiger partial charge in [0.15, 0.2) is 0 Å². The van der Waals surface area contributed by atoms with Crippen LogP contribution in [0.4, 0.5) is 0 Å². The lowest BCUT2D eigenvalue weighted by atomic mass is 9.60. The van der Waals surface area contributed by atoms with Crippen LogP contribution in [-0.2, 0) is 0 Å². The smallest absolute Gasteiger partial charge is 0.0860 e. The number of nitrogens with zero attached hydrogens (tertiary/aromatic N) is 1. The van der Waals surface area contributed by atoms with Crippen molar-refractivity contribution >= 4 is 0 Å². The van der Waals surface area contributed by atoms with Gasteiger partial charge < -0.3 is 5.11 Å². The minimum Gasteiger partial charge on any atom is -0.388 e. The van der Waals surface area contributed by atoms with E-state index in [1.54, 1.807) is 0 Å². The molecule has 0 radical (unpaired) electrons. The van der Waals surface area contributed by atoms with E-state index >= 15 is 0 Å². The average Bonchev–Trinajstić information content (AvgIpc) is 2.19. The second-order valence-corrected chi connectivity index (χ2v) is 5.68. The maximum atomic E-state index is 10.5. The highest BCUT2D eigenvalue weighted by Crippen LogP contribution is 2.48. The highest BCUT2D eigenvalue weighted by Gasteiger charge is 2.50. The molecule has 1 aliphatic carbocycles. The number of hydrogen-bond acceptors (Lipinski definition) is 2. The minimum absolute atomic E-state index is 0.130. The Morgan fingerprint density at radius 2 is 1.87 bits per heavy atom. The second-order valence-electron chi connectivity index (χ2n) is 5.68. The molecule has 1 aliphatic rings. The molecule has 1 N–H and O–H groups in total. The Kier molecular flexibility index (Phi) is 3.45. The van der Waals surface area contributed by atoms with Crippen LogP contribution in [0.25, 0.3) is 0 Å². The molecule has 0 aliphatic heterocycles. The molecule has 0 amide bonds. The van der Waals surface area contributed by atoms with Gasteiger partial charge in [0.2, 0.25) is 0 Å². The standard InChI is InChI=1S/C13H23NO/c1-10(2)12(4,15)13(9-14)7-5-11(3)6-8-13/h10-11,15H,5-8H2,1-4H3. The fourth-order valence-electron chi connectivity index (χ4n) is 2.54. The molecule has 0 bridgehead atoms. The van der Waals surface area contributed by atoms with Crippen LogP contribution in [-0.4, -0.2) is 10.7 Å². The van der Waals surface area contributed by atoms with Crippen LogP contribution in [0, 0.1) is 28.6 Å². The molecule has 0 aromatic carbocycles. The predicted molar refractivity (Wildman–Crippen MR) is 61.1 cm³/mol. The summed E-state index contributed by atoms with van der Waals surface area (Å²) in [6, 6.07) is 2.41. The van der Waals surface area contributed by atoms with E-state index in [1.807, 2.05) is 20.8 Å². The molecule has 86 valence electrons. The maximum absolute atomic E-state index is 10.5. The van der Waals surface area contributed by atoms with Crippen LogP contribution in [0.5, 0.6) is 0 Å². The third-order valence-electron chi connectivity index (χ3n) is 4.43. The molecule has 0 heterocycles. The molecule has 1 saturated carbocycles. The second kappa shape index (κ2) is 4.14. The predicted octanol–water partition coefficient (Wildman–Crippen LogP) is 3.11. The van der Waals surface area contributed by atoms with E-state index in [2.05, 4.69) is 13.0 Å². The first kappa shape index (κ1) is 12.5. The van der Waals surface area contributed by atoms with Crippen molar-refractivity contribution in [3.63, 3.8) is 0 Å². The Bertz CT molecular complexity index is 254. The normalized spacial score (nSPS) is 35.9. The Hall–Kier alpha value is -0.550. The van der Waals surface area contributed by atoms with Crippen molar-refractivity contribution in [2.45, 2.75) is 59.0 Å². The molecule has 1 fully saturated rings.